The molecule has 1 aromatic carbocycles. The highest BCUT2D eigenvalue weighted by Crippen LogP contribution is 2.09. The van der Waals surface area contributed by atoms with Crippen LogP contribution in [0.25, 0.3) is 0 Å². The molecule has 0 spiro atoms. The summed E-state index contributed by atoms with van der Waals surface area (Å²) in [7, 11) is 3.29. The number of ether oxygens (including phenoxy) is 2. The molecule has 0 bridgehead atoms. The van der Waals surface area contributed by atoms with Crippen LogP contribution in [-0.2, 0) is 14.3 Å². The normalized spacial score (nSPS) is 10.9. The van der Waals surface area contributed by atoms with E-state index in [1.165, 1.54) is 12.1 Å². The number of anilines is 1. The molecule has 6 heteroatoms. The second-order valence-corrected chi connectivity index (χ2v) is 4.64. The van der Waals surface area contributed by atoms with Gasteiger partial charge in [0, 0.05) is 46.0 Å². The Balaban J connectivity index is 2.37. The second kappa shape index (κ2) is 10.3. The van der Waals surface area contributed by atoms with E-state index in [1.807, 2.05) is 0 Å². The van der Waals surface area contributed by atoms with Crippen LogP contribution in [0.3, 0.4) is 0 Å². The predicted octanol–water partition coefficient (Wildman–Crippen LogP) is 1.75. The van der Waals surface area contributed by atoms with Crippen LogP contribution in [0.2, 0.25) is 0 Å². The Morgan fingerprint density at radius 1 is 1.19 bits per heavy atom. The summed E-state index contributed by atoms with van der Waals surface area (Å²) < 4.78 is 23.1. The van der Waals surface area contributed by atoms with Gasteiger partial charge in [0.15, 0.2) is 0 Å². The molecule has 1 amide bonds. The maximum absolute atomic E-state index is 13.0. The van der Waals surface area contributed by atoms with Gasteiger partial charge < -0.3 is 14.8 Å². The average Bonchev–Trinajstić information content (AvgIpc) is 2.46. The lowest BCUT2D eigenvalue weighted by Gasteiger charge is -2.21. The standard InChI is InChI=1S/C15H23FN2O3/c1-20-10-8-18(9-11-21-2)7-6-15(19)17-14-5-3-4-13(16)12-14/h3-5,12H,6-11H2,1-2H3,(H,17,19). The Kier molecular flexibility index (Phi) is 8.57. The van der Waals surface area contributed by atoms with Crippen molar-refractivity contribution in [3.05, 3.63) is 30.1 Å². The Bertz CT molecular complexity index is 421. The number of rotatable bonds is 10. The van der Waals surface area contributed by atoms with Crippen LogP contribution >= 0.6 is 0 Å². The molecule has 0 saturated heterocycles. The molecule has 0 unspecified atom stereocenters. The quantitative estimate of drug-likeness (QED) is 0.715. The number of nitrogens with zero attached hydrogens (tertiary/aromatic N) is 1. The molecular weight excluding hydrogens is 275 g/mol. The number of benzene rings is 1. The van der Waals surface area contributed by atoms with E-state index in [1.54, 1.807) is 26.4 Å². The van der Waals surface area contributed by atoms with E-state index in [2.05, 4.69) is 10.2 Å². The molecule has 1 aromatic rings. The summed E-state index contributed by atoms with van der Waals surface area (Å²) in [6.07, 6.45) is 0.337. The SMILES string of the molecule is COCCN(CCOC)CCC(=O)Nc1cccc(F)c1. The molecule has 0 aliphatic heterocycles. The average molecular weight is 298 g/mol. The zero-order chi connectivity index (χ0) is 15.5. The van der Waals surface area contributed by atoms with Crippen molar-refractivity contribution >= 4 is 11.6 Å². The zero-order valence-corrected chi connectivity index (χ0v) is 12.6. The molecule has 1 rings (SSSR count). The van der Waals surface area contributed by atoms with Crippen LogP contribution in [0, 0.1) is 5.82 Å². The van der Waals surface area contributed by atoms with Crippen LogP contribution < -0.4 is 5.32 Å². The smallest absolute Gasteiger partial charge is 0.225 e. The van der Waals surface area contributed by atoms with Crippen LogP contribution in [0.4, 0.5) is 10.1 Å². The van der Waals surface area contributed by atoms with Gasteiger partial charge in [-0.15, -0.1) is 0 Å². The fraction of sp³-hybridized carbons (Fsp3) is 0.533. The van der Waals surface area contributed by atoms with E-state index in [9.17, 15) is 9.18 Å². The largest absolute Gasteiger partial charge is 0.383 e. The van der Waals surface area contributed by atoms with Gasteiger partial charge in [-0.05, 0) is 18.2 Å². The molecule has 0 atom stereocenters. The summed E-state index contributed by atoms with van der Waals surface area (Å²) in [6, 6.07) is 5.86. The van der Waals surface area contributed by atoms with E-state index in [0.29, 0.717) is 31.9 Å². The first-order chi connectivity index (χ1) is 10.2. The maximum Gasteiger partial charge on any atom is 0.225 e. The van der Waals surface area contributed by atoms with Gasteiger partial charge in [-0.2, -0.15) is 0 Å². The fourth-order valence-corrected chi connectivity index (χ4v) is 1.83. The number of nitrogens with one attached hydrogen (secondary N) is 1. The third-order valence-electron chi connectivity index (χ3n) is 2.99. The molecule has 0 heterocycles. The molecule has 0 fully saturated rings. The number of carbonyl (C=O) groups is 1. The molecule has 5 nitrogen and oxygen atoms in total. The first-order valence-electron chi connectivity index (χ1n) is 6.91. The van der Waals surface area contributed by atoms with Gasteiger partial charge in [0.2, 0.25) is 5.91 Å². The highest BCUT2D eigenvalue weighted by atomic mass is 19.1. The molecule has 0 aromatic heterocycles. The van der Waals surface area contributed by atoms with Crippen LogP contribution in [-0.4, -0.2) is 57.9 Å². The van der Waals surface area contributed by atoms with Crippen molar-refractivity contribution < 1.29 is 18.7 Å². The summed E-state index contributed by atoms with van der Waals surface area (Å²) in [4.78, 5) is 13.9. The number of carbonyl (C=O) groups excluding carboxylic acids is 1. The minimum Gasteiger partial charge on any atom is -0.383 e. The van der Waals surface area contributed by atoms with Crippen LogP contribution in [0.5, 0.6) is 0 Å². The highest BCUT2D eigenvalue weighted by Gasteiger charge is 2.08. The van der Waals surface area contributed by atoms with E-state index >= 15 is 0 Å². The van der Waals surface area contributed by atoms with Crippen molar-refractivity contribution in [3.63, 3.8) is 0 Å². The predicted molar refractivity (Wildman–Crippen MR) is 79.8 cm³/mol. The Morgan fingerprint density at radius 3 is 2.43 bits per heavy atom. The summed E-state index contributed by atoms with van der Waals surface area (Å²) in [6.45, 7) is 3.30. The van der Waals surface area contributed by atoms with Crippen molar-refractivity contribution in [3.8, 4) is 0 Å². The summed E-state index contributed by atoms with van der Waals surface area (Å²) >= 11 is 0. The van der Waals surface area contributed by atoms with Crippen molar-refractivity contribution in [2.24, 2.45) is 0 Å². The number of halogens is 1. The third-order valence-corrected chi connectivity index (χ3v) is 2.99. The molecule has 118 valence electrons. The van der Waals surface area contributed by atoms with Crippen molar-refractivity contribution in [2.45, 2.75) is 6.42 Å². The molecule has 0 saturated carbocycles. The van der Waals surface area contributed by atoms with Gasteiger partial charge in [0.05, 0.1) is 13.2 Å². The number of hydrogen-bond donors (Lipinski definition) is 1. The number of methoxy groups -OCH3 is 2. The topological polar surface area (TPSA) is 50.8 Å². The van der Waals surface area contributed by atoms with Gasteiger partial charge in [0.25, 0.3) is 0 Å². The van der Waals surface area contributed by atoms with Crippen molar-refractivity contribution in [2.75, 3.05) is 52.4 Å². The lowest BCUT2D eigenvalue weighted by molar-refractivity contribution is -0.116. The summed E-state index contributed by atoms with van der Waals surface area (Å²) in [5.41, 5.74) is 0.473. The van der Waals surface area contributed by atoms with E-state index in [0.717, 1.165) is 13.1 Å². The minimum absolute atomic E-state index is 0.138. The summed E-state index contributed by atoms with van der Waals surface area (Å²) in [5, 5.41) is 2.68. The van der Waals surface area contributed by atoms with E-state index < -0.39 is 0 Å². The zero-order valence-electron chi connectivity index (χ0n) is 12.6. The molecule has 0 aliphatic rings. The lowest BCUT2D eigenvalue weighted by atomic mass is 10.3. The molecule has 0 aliphatic carbocycles. The van der Waals surface area contributed by atoms with Crippen LogP contribution in [0.15, 0.2) is 24.3 Å². The maximum atomic E-state index is 13.0. The number of hydrogen-bond acceptors (Lipinski definition) is 4. The summed E-state index contributed by atoms with van der Waals surface area (Å²) in [5.74, 6) is -0.505. The van der Waals surface area contributed by atoms with E-state index in [4.69, 9.17) is 9.47 Å². The fourth-order valence-electron chi connectivity index (χ4n) is 1.83. The Morgan fingerprint density at radius 2 is 1.86 bits per heavy atom. The van der Waals surface area contributed by atoms with Gasteiger partial charge in [-0.3, -0.25) is 9.69 Å². The highest BCUT2D eigenvalue weighted by molar-refractivity contribution is 5.90. The van der Waals surface area contributed by atoms with Crippen LogP contribution in [0.1, 0.15) is 6.42 Å². The first-order valence-corrected chi connectivity index (χ1v) is 6.91. The molecule has 21 heavy (non-hydrogen) atoms. The first kappa shape index (κ1) is 17.6. The van der Waals surface area contributed by atoms with Crippen molar-refractivity contribution in [1.29, 1.82) is 0 Å². The van der Waals surface area contributed by atoms with Crippen molar-refractivity contribution in [1.82, 2.24) is 4.90 Å². The monoisotopic (exact) mass is 298 g/mol. The second-order valence-electron chi connectivity index (χ2n) is 4.64. The van der Waals surface area contributed by atoms with E-state index in [-0.39, 0.29) is 11.7 Å². The lowest BCUT2D eigenvalue weighted by Crippen LogP contribution is -2.33. The third kappa shape index (κ3) is 7.75. The molecular formula is C15H23FN2O3. The van der Waals surface area contributed by atoms with Gasteiger partial charge >= 0.3 is 0 Å². The van der Waals surface area contributed by atoms with Gasteiger partial charge in [-0.25, -0.2) is 4.39 Å². The van der Waals surface area contributed by atoms with Gasteiger partial charge in [0.1, 0.15) is 5.82 Å². The Hall–Kier alpha value is -1.50. The minimum atomic E-state index is -0.366. The molecule has 1 N–H and O–H groups in total. The Labute approximate surface area is 125 Å². The molecule has 0 radical (unpaired) electrons. The van der Waals surface area contributed by atoms with Gasteiger partial charge in [-0.1, -0.05) is 6.07 Å². The number of amides is 1.